The van der Waals surface area contributed by atoms with Crippen molar-refractivity contribution in [3.8, 4) is 45.6 Å². The van der Waals surface area contributed by atoms with E-state index in [1.54, 1.807) is 36.4 Å². The molecule has 4 aromatic carbocycles. The number of phenols is 2. The lowest BCUT2D eigenvalue weighted by molar-refractivity contribution is 0.238. The van der Waals surface area contributed by atoms with Crippen molar-refractivity contribution in [2.24, 2.45) is 5.92 Å². The highest BCUT2D eigenvalue weighted by atomic mass is 35.5. The fourth-order valence-corrected chi connectivity index (χ4v) is 4.27. The van der Waals surface area contributed by atoms with Crippen LogP contribution in [0, 0.1) is 5.92 Å². The predicted octanol–water partition coefficient (Wildman–Crippen LogP) is 7.87. The lowest BCUT2D eigenvalue weighted by Gasteiger charge is -2.20. The molecule has 0 spiro atoms. The van der Waals surface area contributed by atoms with Crippen molar-refractivity contribution in [2.75, 3.05) is 19.1 Å². The first-order valence-corrected chi connectivity index (χ1v) is 12.9. The Hall–Kier alpha value is -3.54. The Balaban J connectivity index is 1.20. The van der Waals surface area contributed by atoms with Gasteiger partial charge < -0.3 is 24.4 Å². The minimum absolute atomic E-state index is 0.0447. The molecule has 0 radical (unpaired) electrons. The third kappa shape index (κ3) is 7.97. The summed E-state index contributed by atoms with van der Waals surface area (Å²) in [5.74, 6) is 3.52. The quantitative estimate of drug-likeness (QED) is 0.179. The number of hydrogen-bond donors (Lipinski definition) is 2. The van der Waals surface area contributed by atoms with Crippen LogP contribution in [0.5, 0.6) is 34.5 Å². The summed E-state index contributed by atoms with van der Waals surface area (Å²) in [5.41, 5.74) is 2.07. The summed E-state index contributed by atoms with van der Waals surface area (Å²) in [4.78, 5) is 0. The van der Waals surface area contributed by atoms with E-state index in [0.717, 1.165) is 16.9 Å². The predicted molar refractivity (Wildman–Crippen MR) is 148 cm³/mol. The van der Waals surface area contributed by atoms with Crippen LogP contribution in [0.1, 0.15) is 6.42 Å². The topological polar surface area (TPSA) is 68.2 Å². The van der Waals surface area contributed by atoms with Gasteiger partial charge in [-0.05, 0) is 90.3 Å². The van der Waals surface area contributed by atoms with Crippen molar-refractivity contribution in [2.45, 2.75) is 11.8 Å². The summed E-state index contributed by atoms with van der Waals surface area (Å²) in [6, 6.07) is 28.7. The fraction of sp³-hybridized carbons (Fsp3) is 0.200. The van der Waals surface area contributed by atoms with E-state index in [0.29, 0.717) is 42.8 Å². The molecule has 4 aromatic rings. The largest absolute Gasteiger partial charge is 0.508 e. The second-order valence-electron chi connectivity index (χ2n) is 8.52. The number of benzene rings is 4. The minimum Gasteiger partial charge on any atom is -0.508 e. The Kier molecular flexibility index (Phi) is 9.41. The Labute approximate surface area is 226 Å². The summed E-state index contributed by atoms with van der Waals surface area (Å²) >= 11 is 12.8. The molecular weight excluding hydrogens is 511 g/mol. The smallest absolute Gasteiger partial charge is 0.127 e. The van der Waals surface area contributed by atoms with Crippen molar-refractivity contribution >= 4 is 23.2 Å². The van der Waals surface area contributed by atoms with Gasteiger partial charge in [0.05, 0.1) is 13.2 Å². The van der Waals surface area contributed by atoms with Gasteiger partial charge in [0, 0.05) is 17.2 Å². The molecule has 0 fully saturated rings. The number of rotatable bonds is 12. The van der Waals surface area contributed by atoms with Crippen LogP contribution in [0.4, 0.5) is 0 Å². The summed E-state index contributed by atoms with van der Waals surface area (Å²) in [6.45, 7) is 0.848. The number of alkyl halides is 2. The van der Waals surface area contributed by atoms with Crippen LogP contribution in [0.15, 0.2) is 97.1 Å². The van der Waals surface area contributed by atoms with Crippen LogP contribution in [0.2, 0.25) is 0 Å². The van der Waals surface area contributed by atoms with Gasteiger partial charge >= 0.3 is 0 Å². The molecule has 2 unspecified atom stereocenters. The van der Waals surface area contributed by atoms with Crippen molar-refractivity contribution in [1.29, 1.82) is 0 Å². The molecule has 37 heavy (non-hydrogen) atoms. The molecule has 0 aliphatic heterocycles. The molecule has 192 valence electrons. The fourth-order valence-electron chi connectivity index (χ4n) is 3.63. The summed E-state index contributed by atoms with van der Waals surface area (Å²) in [5, 5.41) is 18.6. The number of aromatic hydroxyl groups is 2. The first-order valence-electron chi connectivity index (χ1n) is 11.9. The van der Waals surface area contributed by atoms with Gasteiger partial charge in [-0.15, -0.1) is 23.2 Å². The Morgan fingerprint density at radius 2 is 1.03 bits per heavy atom. The Bertz CT molecular complexity index is 1230. The number of hydrogen-bond acceptors (Lipinski definition) is 5. The van der Waals surface area contributed by atoms with Crippen LogP contribution in [-0.2, 0) is 0 Å². The molecule has 0 amide bonds. The third-order valence-electron chi connectivity index (χ3n) is 5.79. The zero-order valence-electron chi connectivity index (χ0n) is 20.1. The molecule has 2 atom stereocenters. The maximum Gasteiger partial charge on any atom is 0.127 e. The summed E-state index contributed by atoms with van der Waals surface area (Å²) in [6.07, 6.45) is 0.626. The van der Waals surface area contributed by atoms with E-state index in [4.69, 9.17) is 37.4 Å². The minimum atomic E-state index is -0.203. The summed E-state index contributed by atoms with van der Waals surface area (Å²) in [7, 11) is 0. The van der Waals surface area contributed by atoms with E-state index in [1.165, 1.54) is 0 Å². The van der Waals surface area contributed by atoms with Crippen molar-refractivity contribution in [1.82, 2.24) is 0 Å². The highest BCUT2D eigenvalue weighted by Gasteiger charge is 2.20. The molecule has 7 heteroatoms. The van der Waals surface area contributed by atoms with Crippen molar-refractivity contribution in [3.05, 3.63) is 97.1 Å². The van der Waals surface area contributed by atoms with Gasteiger partial charge in [-0.1, -0.05) is 24.3 Å². The van der Waals surface area contributed by atoms with Gasteiger partial charge in [-0.3, -0.25) is 0 Å². The van der Waals surface area contributed by atoms with E-state index >= 15 is 0 Å². The highest BCUT2D eigenvalue weighted by molar-refractivity contribution is 6.22. The van der Waals surface area contributed by atoms with E-state index in [2.05, 4.69) is 0 Å². The zero-order valence-corrected chi connectivity index (χ0v) is 21.6. The lowest BCUT2D eigenvalue weighted by atomic mass is 10.1. The highest BCUT2D eigenvalue weighted by Crippen LogP contribution is 2.27. The van der Waals surface area contributed by atoms with Gasteiger partial charge in [0.2, 0.25) is 0 Å². The molecule has 4 rings (SSSR count). The first kappa shape index (κ1) is 26.5. The van der Waals surface area contributed by atoms with Crippen molar-refractivity contribution in [3.63, 3.8) is 0 Å². The first-order chi connectivity index (χ1) is 18.0. The molecule has 2 N–H and O–H groups in total. The summed E-state index contributed by atoms with van der Waals surface area (Å²) < 4.78 is 17.5. The Morgan fingerprint density at radius 3 is 1.59 bits per heavy atom. The van der Waals surface area contributed by atoms with Gasteiger partial charge in [-0.25, -0.2) is 0 Å². The molecule has 0 aliphatic carbocycles. The molecular formula is C30H28Cl2O5. The third-order valence-corrected chi connectivity index (χ3v) is 6.76. The van der Waals surface area contributed by atoms with Gasteiger partial charge in [0.1, 0.15) is 34.5 Å². The molecule has 5 nitrogen and oxygen atoms in total. The van der Waals surface area contributed by atoms with Crippen LogP contribution in [0.3, 0.4) is 0 Å². The van der Waals surface area contributed by atoms with Crippen LogP contribution in [0.25, 0.3) is 11.1 Å². The maximum absolute atomic E-state index is 9.44. The Morgan fingerprint density at radius 1 is 0.595 bits per heavy atom. The van der Waals surface area contributed by atoms with Gasteiger partial charge in [-0.2, -0.15) is 0 Å². The molecule has 0 saturated carbocycles. The van der Waals surface area contributed by atoms with E-state index < -0.39 is 0 Å². The van der Waals surface area contributed by atoms with Crippen LogP contribution in [-0.4, -0.2) is 34.7 Å². The average molecular weight is 539 g/mol. The van der Waals surface area contributed by atoms with Gasteiger partial charge in [0.15, 0.2) is 0 Å². The van der Waals surface area contributed by atoms with Crippen molar-refractivity contribution < 1.29 is 24.4 Å². The zero-order chi connectivity index (χ0) is 26.0. The van der Waals surface area contributed by atoms with Crippen LogP contribution >= 0.6 is 23.2 Å². The standard InChI is InChI=1S/C30H28Cl2O5/c31-19-23(20-36-27-13-15-29(16-14-27)37-28-11-7-25(34)8-12-28)30(32)17-18-35-26-9-3-22(4-10-26)21-1-5-24(33)6-2-21/h1-16,23,30,33-34H,17-20H2. The molecule has 0 aromatic heterocycles. The maximum atomic E-state index is 9.44. The van der Waals surface area contributed by atoms with Crippen LogP contribution < -0.4 is 14.2 Å². The van der Waals surface area contributed by atoms with E-state index in [1.807, 2.05) is 60.7 Å². The average Bonchev–Trinajstić information content (AvgIpc) is 2.92. The second kappa shape index (κ2) is 13.1. The normalized spacial score (nSPS) is 12.5. The molecule has 0 aliphatic rings. The second-order valence-corrected chi connectivity index (χ2v) is 9.39. The lowest BCUT2D eigenvalue weighted by Crippen LogP contribution is -2.25. The molecule has 0 saturated heterocycles. The van der Waals surface area contributed by atoms with E-state index in [9.17, 15) is 10.2 Å². The van der Waals surface area contributed by atoms with E-state index in [-0.39, 0.29) is 22.8 Å². The number of halogens is 2. The molecule has 0 heterocycles. The number of phenolic OH excluding ortho intramolecular Hbond substituents is 2. The number of ether oxygens (including phenoxy) is 3. The van der Waals surface area contributed by atoms with Gasteiger partial charge in [0.25, 0.3) is 0 Å². The monoisotopic (exact) mass is 538 g/mol. The molecule has 0 bridgehead atoms. The SMILES string of the molecule is Oc1ccc(Oc2ccc(OCC(CCl)C(Cl)CCOc3ccc(-c4ccc(O)cc4)cc3)cc2)cc1.